The van der Waals surface area contributed by atoms with Crippen LogP contribution >= 0.6 is 0 Å². The second-order valence-electron chi connectivity index (χ2n) is 4.01. The van der Waals surface area contributed by atoms with Gasteiger partial charge in [0.1, 0.15) is 18.7 Å². The highest BCUT2D eigenvalue weighted by Gasteiger charge is 2.07. The fraction of sp³-hybridized carbons (Fsp3) is 0.0667. The largest absolute Gasteiger partial charge is 0.488 e. The molecule has 2 heterocycles. The van der Waals surface area contributed by atoms with Gasteiger partial charge in [0.15, 0.2) is 0 Å². The SMILES string of the molecule is C1=C(/C=C/c2ccncn2)COc2ccccc21. The smallest absolute Gasteiger partial charge is 0.127 e. The molecule has 3 nitrogen and oxygen atoms in total. The van der Waals surface area contributed by atoms with Crippen molar-refractivity contribution >= 4 is 12.2 Å². The van der Waals surface area contributed by atoms with Crippen LogP contribution in [0.15, 0.2) is 54.5 Å². The predicted octanol–water partition coefficient (Wildman–Crippen LogP) is 2.97. The van der Waals surface area contributed by atoms with Gasteiger partial charge in [-0.25, -0.2) is 9.97 Å². The van der Waals surface area contributed by atoms with Crippen molar-refractivity contribution in [3.05, 3.63) is 65.8 Å². The van der Waals surface area contributed by atoms with Crippen LogP contribution in [-0.2, 0) is 0 Å². The summed E-state index contributed by atoms with van der Waals surface area (Å²) in [6, 6.07) is 9.89. The molecule has 3 rings (SSSR count). The van der Waals surface area contributed by atoms with Crippen molar-refractivity contribution in [3.8, 4) is 5.75 Å². The van der Waals surface area contributed by atoms with Crippen molar-refractivity contribution in [1.29, 1.82) is 0 Å². The van der Waals surface area contributed by atoms with E-state index >= 15 is 0 Å². The molecule has 1 aromatic heterocycles. The van der Waals surface area contributed by atoms with Crippen LogP contribution in [-0.4, -0.2) is 16.6 Å². The van der Waals surface area contributed by atoms with E-state index < -0.39 is 0 Å². The minimum absolute atomic E-state index is 0.596. The fourth-order valence-corrected chi connectivity index (χ4v) is 1.82. The van der Waals surface area contributed by atoms with Gasteiger partial charge in [0.25, 0.3) is 0 Å². The summed E-state index contributed by atoms with van der Waals surface area (Å²) in [5, 5.41) is 0. The van der Waals surface area contributed by atoms with E-state index in [4.69, 9.17) is 4.74 Å². The highest BCUT2D eigenvalue weighted by Crippen LogP contribution is 2.26. The number of hydrogen-bond acceptors (Lipinski definition) is 3. The molecule has 0 bridgehead atoms. The Balaban J connectivity index is 1.83. The Morgan fingerprint density at radius 1 is 1.11 bits per heavy atom. The molecule has 18 heavy (non-hydrogen) atoms. The molecule has 0 radical (unpaired) electrons. The van der Waals surface area contributed by atoms with Crippen molar-refractivity contribution in [2.45, 2.75) is 0 Å². The van der Waals surface area contributed by atoms with Crippen LogP contribution in [0, 0.1) is 0 Å². The van der Waals surface area contributed by atoms with Gasteiger partial charge in [-0.15, -0.1) is 0 Å². The van der Waals surface area contributed by atoms with Gasteiger partial charge < -0.3 is 4.74 Å². The number of para-hydroxylation sites is 1. The Hall–Kier alpha value is -2.42. The Labute approximate surface area is 105 Å². The first-order chi connectivity index (χ1) is 8.92. The predicted molar refractivity (Wildman–Crippen MR) is 71.0 cm³/mol. The lowest BCUT2D eigenvalue weighted by Crippen LogP contribution is -2.05. The van der Waals surface area contributed by atoms with E-state index in [1.165, 1.54) is 0 Å². The number of hydrogen-bond donors (Lipinski definition) is 0. The second kappa shape index (κ2) is 4.84. The highest BCUT2D eigenvalue weighted by molar-refractivity contribution is 5.66. The molecule has 3 heteroatoms. The normalized spacial score (nSPS) is 13.9. The number of rotatable bonds is 2. The maximum absolute atomic E-state index is 5.67. The van der Waals surface area contributed by atoms with Crippen molar-refractivity contribution < 1.29 is 4.74 Å². The third-order valence-corrected chi connectivity index (χ3v) is 2.73. The van der Waals surface area contributed by atoms with Gasteiger partial charge in [0.05, 0.1) is 5.69 Å². The lowest BCUT2D eigenvalue weighted by molar-refractivity contribution is 0.351. The molecule has 0 spiro atoms. The van der Waals surface area contributed by atoms with Gasteiger partial charge in [0, 0.05) is 11.8 Å². The number of nitrogens with zero attached hydrogens (tertiary/aromatic N) is 2. The summed E-state index contributed by atoms with van der Waals surface area (Å²) in [6.45, 7) is 0.596. The zero-order chi connectivity index (χ0) is 12.2. The molecule has 1 aliphatic heterocycles. The van der Waals surface area contributed by atoms with Crippen LogP contribution in [0.2, 0.25) is 0 Å². The van der Waals surface area contributed by atoms with Crippen LogP contribution < -0.4 is 4.74 Å². The number of ether oxygens (including phenoxy) is 1. The number of aromatic nitrogens is 2. The first-order valence-electron chi connectivity index (χ1n) is 5.78. The van der Waals surface area contributed by atoms with E-state index in [-0.39, 0.29) is 0 Å². The maximum atomic E-state index is 5.67. The summed E-state index contributed by atoms with van der Waals surface area (Å²) >= 11 is 0. The molecule has 0 saturated heterocycles. The summed E-state index contributed by atoms with van der Waals surface area (Å²) < 4.78 is 5.67. The zero-order valence-corrected chi connectivity index (χ0v) is 9.78. The average molecular weight is 236 g/mol. The topological polar surface area (TPSA) is 35.0 Å². The molecule has 0 saturated carbocycles. The van der Waals surface area contributed by atoms with Gasteiger partial charge in [-0.05, 0) is 29.9 Å². The van der Waals surface area contributed by atoms with Crippen LogP contribution in [0.25, 0.3) is 12.2 Å². The van der Waals surface area contributed by atoms with E-state index in [1.807, 2.05) is 42.5 Å². The fourth-order valence-electron chi connectivity index (χ4n) is 1.82. The van der Waals surface area contributed by atoms with E-state index in [9.17, 15) is 0 Å². The molecule has 1 aromatic carbocycles. The summed E-state index contributed by atoms with van der Waals surface area (Å²) in [6.07, 6.45) is 9.40. The third-order valence-electron chi connectivity index (χ3n) is 2.73. The van der Waals surface area contributed by atoms with Gasteiger partial charge in [0.2, 0.25) is 0 Å². The minimum Gasteiger partial charge on any atom is -0.488 e. The standard InChI is InChI=1S/C15H12N2O/c1-2-4-15-13(3-1)9-12(10-18-15)5-6-14-7-8-16-11-17-14/h1-9,11H,10H2/b6-5+. The molecular weight excluding hydrogens is 224 g/mol. The van der Waals surface area contributed by atoms with Crippen LogP contribution in [0.1, 0.15) is 11.3 Å². The Morgan fingerprint density at radius 3 is 2.94 bits per heavy atom. The van der Waals surface area contributed by atoms with Crippen LogP contribution in [0.5, 0.6) is 5.75 Å². The van der Waals surface area contributed by atoms with Crippen molar-refractivity contribution in [1.82, 2.24) is 9.97 Å². The van der Waals surface area contributed by atoms with Crippen molar-refractivity contribution in [3.63, 3.8) is 0 Å². The van der Waals surface area contributed by atoms with Crippen molar-refractivity contribution in [2.75, 3.05) is 6.61 Å². The van der Waals surface area contributed by atoms with Crippen LogP contribution in [0.3, 0.4) is 0 Å². The summed E-state index contributed by atoms with van der Waals surface area (Å²) in [5.74, 6) is 0.941. The molecular formula is C15H12N2O. The number of fused-ring (bicyclic) bond motifs is 1. The summed E-state index contributed by atoms with van der Waals surface area (Å²) in [4.78, 5) is 8.03. The molecule has 0 fully saturated rings. The molecule has 0 amide bonds. The van der Waals surface area contributed by atoms with E-state index in [0.717, 1.165) is 22.6 Å². The quantitative estimate of drug-likeness (QED) is 0.804. The molecule has 2 aromatic rings. The van der Waals surface area contributed by atoms with Gasteiger partial charge in [-0.2, -0.15) is 0 Å². The first-order valence-corrected chi connectivity index (χ1v) is 5.78. The first kappa shape index (κ1) is 10.7. The van der Waals surface area contributed by atoms with E-state index in [2.05, 4.69) is 16.0 Å². The molecule has 1 aliphatic rings. The van der Waals surface area contributed by atoms with E-state index in [0.29, 0.717) is 6.61 Å². The van der Waals surface area contributed by atoms with E-state index in [1.54, 1.807) is 12.5 Å². The maximum Gasteiger partial charge on any atom is 0.127 e. The van der Waals surface area contributed by atoms with Gasteiger partial charge >= 0.3 is 0 Å². The molecule has 88 valence electrons. The van der Waals surface area contributed by atoms with Gasteiger partial charge in [-0.1, -0.05) is 24.3 Å². The Bertz CT molecular complexity index is 603. The Kier molecular flexibility index (Phi) is 2.88. The Morgan fingerprint density at radius 2 is 2.06 bits per heavy atom. The van der Waals surface area contributed by atoms with Crippen LogP contribution in [0.4, 0.5) is 0 Å². The molecule has 0 aliphatic carbocycles. The zero-order valence-electron chi connectivity index (χ0n) is 9.78. The molecule has 0 unspecified atom stereocenters. The lowest BCUT2D eigenvalue weighted by atomic mass is 10.1. The molecule has 0 N–H and O–H groups in total. The monoisotopic (exact) mass is 236 g/mol. The van der Waals surface area contributed by atoms with Gasteiger partial charge in [-0.3, -0.25) is 0 Å². The second-order valence-corrected chi connectivity index (χ2v) is 4.01. The van der Waals surface area contributed by atoms with Crippen molar-refractivity contribution in [2.24, 2.45) is 0 Å². The molecule has 0 atom stereocenters. The third kappa shape index (κ3) is 2.30. The lowest BCUT2D eigenvalue weighted by Gasteiger charge is -2.15. The minimum atomic E-state index is 0.596. The number of benzene rings is 1. The summed E-state index contributed by atoms with van der Waals surface area (Å²) in [7, 11) is 0. The average Bonchev–Trinajstić information content (AvgIpc) is 2.46. The summed E-state index contributed by atoms with van der Waals surface area (Å²) in [5.41, 5.74) is 3.14. The highest BCUT2D eigenvalue weighted by atomic mass is 16.5.